The molecule has 0 unspecified atom stereocenters. The number of carbonyl (C=O) groups excluding carboxylic acids is 2. The number of nitrogens with zero attached hydrogens (tertiary/aromatic N) is 2. The first-order valence-electron chi connectivity index (χ1n) is 10.9. The standard InChI is InChI=1S/C25H26N4O5/c1-25(2,3)29(13-22(30)31)23(32)20-12-21(28-27-20)26-24(33)34-14-19-17-10-6-4-8-15(17)16-9-5-7-11-18(16)19/h4-12,19H,13-14H2,1-3H3,(H,30,31)(H2,26,27,28,33). The Hall–Kier alpha value is -4.14. The van der Waals surface area contributed by atoms with E-state index in [9.17, 15) is 14.4 Å². The van der Waals surface area contributed by atoms with Gasteiger partial charge in [0.05, 0.1) is 0 Å². The molecule has 3 aromatic rings. The second-order valence-corrected chi connectivity index (χ2v) is 9.07. The first-order valence-corrected chi connectivity index (χ1v) is 10.9. The van der Waals surface area contributed by atoms with Crippen LogP contribution in [0.4, 0.5) is 10.6 Å². The van der Waals surface area contributed by atoms with Gasteiger partial charge in [-0.2, -0.15) is 5.10 Å². The predicted molar refractivity (Wildman–Crippen MR) is 126 cm³/mol. The minimum absolute atomic E-state index is 0.0603. The molecule has 0 atom stereocenters. The van der Waals surface area contributed by atoms with E-state index >= 15 is 0 Å². The third-order valence-electron chi connectivity index (χ3n) is 5.73. The Bertz CT molecular complexity index is 1200. The van der Waals surface area contributed by atoms with Gasteiger partial charge in [0.2, 0.25) is 0 Å². The van der Waals surface area contributed by atoms with Gasteiger partial charge in [-0.1, -0.05) is 48.5 Å². The predicted octanol–water partition coefficient (Wildman–Crippen LogP) is 4.10. The molecule has 1 aromatic heterocycles. The summed E-state index contributed by atoms with van der Waals surface area (Å²) in [5, 5.41) is 18.2. The molecule has 3 N–H and O–H groups in total. The molecule has 1 aliphatic carbocycles. The Labute approximate surface area is 196 Å². The molecule has 176 valence electrons. The molecule has 0 radical (unpaired) electrons. The number of nitrogens with one attached hydrogen (secondary N) is 2. The van der Waals surface area contributed by atoms with E-state index in [0.717, 1.165) is 22.3 Å². The van der Waals surface area contributed by atoms with E-state index < -0.39 is 30.1 Å². The molecule has 1 heterocycles. The van der Waals surface area contributed by atoms with E-state index in [0.29, 0.717) is 0 Å². The van der Waals surface area contributed by atoms with E-state index in [-0.39, 0.29) is 24.0 Å². The van der Waals surface area contributed by atoms with Crippen molar-refractivity contribution in [1.29, 1.82) is 0 Å². The zero-order valence-electron chi connectivity index (χ0n) is 19.2. The number of aromatic nitrogens is 2. The van der Waals surface area contributed by atoms with E-state index in [1.807, 2.05) is 36.4 Å². The molecule has 4 rings (SSSR count). The van der Waals surface area contributed by atoms with Crippen LogP contribution in [-0.4, -0.2) is 56.9 Å². The number of hydrogen-bond acceptors (Lipinski definition) is 5. The molecular formula is C25H26N4O5. The van der Waals surface area contributed by atoms with Crippen LogP contribution in [0.1, 0.15) is 48.3 Å². The second-order valence-electron chi connectivity index (χ2n) is 9.07. The Morgan fingerprint density at radius 3 is 2.21 bits per heavy atom. The van der Waals surface area contributed by atoms with Crippen LogP contribution in [0.5, 0.6) is 0 Å². The number of carboxylic acid groups (broad SMARTS) is 1. The summed E-state index contributed by atoms with van der Waals surface area (Å²) >= 11 is 0. The van der Waals surface area contributed by atoms with Crippen LogP contribution in [0.3, 0.4) is 0 Å². The van der Waals surface area contributed by atoms with Crippen molar-refractivity contribution in [2.24, 2.45) is 0 Å². The minimum atomic E-state index is -1.13. The summed E-state index contributed by atoms with van der Waals surface area (Å²) in [5.74, 6) is -1.64. The number of rotatable bonds is 6. The SMILES string of the molecule is CC(C)(C)N(CC(=O)O)C(=O)c1cc(NC(=O)OCC2c3ccccc3-c3ccccc32)n[nH]1. The van der Waals surface area contributed by atoms with Crippen LogP contribution >= 0.6 is 0 Å². The number of aromatic amines is 1. The van der Waals surface area contributed by atoms with Crippen LogP contribution in [0.25, 0.3) is 11.1 Å². The molecule has 0 bridgehead atoms. The van der Waals surface area contributed by atoms with Gasteiger partial charge >= 0.3 is 12.1 Å². The lowest BCUT2D eigenvalue weighted by atomic mass is 9.98. The summed E-state index contributed by atoms with van der Waals surface area (Å²) in [5.41, 5.74) is 3.81. The number of anilines is 1. The molecule has 2 aromatic carbocycles. The lowest BCUT2D eigenvalue weighted by Gasteiger charge is -2.33. The fourth-order valence-electron chi connectivity index (χ4n) is 4.13. The van der Waals surface area contributed by atoms with E-state index in [4.69, 9.17) is 9.84 Å². The van der Waals surface area contributed by atoms with Crippen molar-refractivity contribution in [3.8, 4) is 11.1 Å². The molecule has 34 heavy (non-hydrogen) atoms. The summed E-state index contributed by atoms with van der Waals surface area (Å²) in [6.07, 6.45) is -0.703. The second kappa shape index (κ2) is 9.01. The number of amides is 2. The van der Waals surface area contributed by atoms with Crippen LogP contribution in [0.15, 0.2) is 54.6 Å². The molecule has 0 fully saturated rings. The summed E-state index contributed by atoms with van der Waals surface area (Å²) in [6.45, 7) is 4.89. The molecule has 9 nitrogen and oxygen atoms in total. The normalized spacial score (nSPS) is 12.6. The smallest absolute Gasteiger partial charge is 0.412 e. The van der Waals surface area contributed by atoms with Crippen LogP contribution in [0, 0.1) is 0 Å². The highest BCUT2D eigenvalue weighted by Gasteiger charge is 2.31. The monoisotopic (exact) mass is 462 g/mol. The topological polar surface area (TPSA) is 125 Å². The van der Waals surface area contributed by atoms with Crippen molar-refractivity contribution in [3.63, 3.8) is 0 Å². The molecule has 0 spiro atoms. The number of ether oxygens (including phenoxy) is 1. The third-order valence-corrected chi connectivity index (χ3v) is 5.73. The molecule has 2 amide bonds. The van der Waals surface area contributed by atoms with Gasteiger partial charge in [0.25, 0.3) is 5.91 Å². The van der Waals surface area contributed by atoms with Gasteiger partial charge in [0.1, 0.15) is 18.8 Å². The Morgan fingerprint density at radius 1 is 1.06 bits per heavy atom. The first-order chi connectivity index (χ1) is 16.1. The van der Waals surface area contributed by atoms with Crippen LogP contribution in [0.2, 0.25) is 0 Å². The van der Waals surface area contributed by atoms with E-state index in [1.54, 1.807) is 20.8 Å². The fourth-order valence-corrected chi connectivity index (χ4v) is 4.13. The summed E-state index contributed by atoms with van der Waals surface area (Å²) < 4.78 is 5.49. The molecular weight excluding hydrogens is 436 g/mol. The summed E-state index contributed by atoms with van der Waals surface area (Å²) in [4.78, 5) is 37.7. The van der Waals surface area contributed by atoms with Crippen LogP contribution in [-0.2, 0) is 9.53 Å². The minimum Gasteiger partial charge on any atom is -0.480 e. The van der Waals surface area contributed by atoms with Crippen molar-refractivity contribution in [1.82, 2.24) is 15.1 Å². The van der Waals surface area contributed by atoms with Crippen molar-refractivity contribution in [2.75, 3.05) is 18.5 Å². The molecule has 0 aliphatic heterocycles. The highest BCUT2D eigenvalue weighted by molar-refractivity contribution is 5.96. The van der Waals surface area contributed by atoms with Crippen LogP contribution < -0.4 is 5.32 Å². The Balaban J connectivity index is 1.41. The molecule has 1 aliphatic rings. The Kier molecular flexibility index (Phi) is 6.10. The maximum Gasteiger partial charge on any atom is 0.412 e. The lowest BCUT2D eigenvalue weighted by Crippen LogP contribution is -2.48. The Morgan fingerprint density at radius 2 is 1.65 bits per heavy atom. The third kappa shape index (κ3) is 4.63. The van der Waals surface area contributed by atoms with E-state index in [1.165, 1.54) is 11.0 Å². The maximum absolute atomic E-state index is 12.8. The lowest BCUT2D eigenvalue weighted by molar-refractivity contribution is -0.138. The zero-order valence-corrected chi connectivity index (χ0v) is 19.2. The summed E-state index contributed by atoms with van der Waals surface area (Å²) in [6, 6.07) is 17.4. The number of H-pyrrole nitrogens is 1. The largest absolute Gasteiger partial charge is 0.480 e. The van der Waals surface area contributed by atoms with Crippen molar-refractivity contribution in [3.05, 3.63) is 71.4 Å². The van der Waals surface area contributed by atoms with Gasteiger partial charge in [-0.3, -0.25) is 20.0 Å². The van der Waals surface area contributed by atoms with Gasteiger partial charge in [-0.05, 0) is 43.0 Å². The maximum atomic E-state index is 12.8. The van der Waals surface area contributed by atoms with Gasteiger partial charge in [-0.25, -0.2) is 4.79 Å². The fraction of sp³-hybridized carbons (Fsp3) is 0.280. The number of hydrogen-bond donors (Lipinski definition) is 3. The number of fused-ring (bicyclic) bond motifs is 3. The van der Waals surface area contributed by atoms with Crippen molar-refractivity contribution >= 4 is 23.8 Å². The first kappa shape index (κ1) is 23.0. The highest BCUT2D eigenvalue weighted by atomic mass is 16.5. The average molecular weight is 463 g/mol. The number of benzene rings is 2. The van der Waals surface area contributed by atoms with E-state index in [2.05, 4.69) is 27.6 Å². The quantitative estimate of drug-likeness (QED) is 0.507. The molecule has 0 saturated carbocycles. The zero-order chi connectivity index (χ0) is 24.5. The van der Waals surface area contributed by atoms with Crippen molar-refractivity contribution < 1.29 is 24.2 Å². The van der Waals surface area contributed by atoms with Crippen molar-refractivity contribution in [2.45, 2.75) is 32.2 Å². The van der Waals surface area contributed by atoms with Gasteiger partial charge in [-0.15, -0.1) is 0 Å². The number of carbonyl (C=O) groups is 3. The average Bonchev–Trinajstić information content (AvgIpc) is 3.37. The highest BCUT2D eigenvalue weighted by Crippen LogP contribution is 2.44. The molecule has 0 saturated heterocycles. The van der Waals surface area contributed by atoms with Gasteiger partial charge < -0.3 is 14.7 Å². The number of aliphatic carboxylic acids is 1. The van der Waals surface area contributed by atoms with Gasteiger partial charge in [0, 0.05) is 17.5 Å². The molecule has 9 heteroatoms. The summed E-state index contributed by atoms with van der Waals surface area (Å²) in [7, 11) is 0. The number of carboxylic acids is 1. The van der Waals surface area contributed by atoms with Gasteiger partial charge in [0.15, 0.2) is 5.82 Å².